The molecule has 5 nitrogen and oxygen atoms in total. The van der Waals surface area contributed by atoms with Crippen molar-refractivity contribution in [3.8, 4) is 5.75 Å². The topological polar surface area (TPSA) is 58.6 Å². The summed E-state index contributed by atoms with van der Waals surface area (Å²) in [4.78, 5) is 26.5. The summed E-state index contributed by atoms with van der Waals surface area (Å²) in [5, 5.41) is 3.88. The van der Waals surface area contributed by atoms with Gasteiger partial charge in [-0.3, -0.25) is 9.59 Å². The maximum Gasteiger partial charge on any atom is 0.261 e. The van der Waals surface area contributed by atoms with Crippen molar-refractivity contribution in [3.05, 3.63) is 64.1 Å². The molecule has 2 aromatic carbocycles. The maximum atomic E-state index is 12.8. The number of carbonyl (C=O) groups excluding carboxylic acids is 2. The molecule has 1 atom stereocenters. The minimum atomic E-state index is -0.643. The normalized spacial score (nSPS) is 11.6. The Morgan fingerprint density at radius 2 is 1.81 bits per heavy atom. The van der Waals surface area contributed by atoms with E-state index < -0.39 is 6.04 Å². The SMILES string of the molecule is CCNC(=O)[C@@H](C)N(Cc1ccc(Cl)cc1)C(=O)COc1cccc(Cl)c1. The summed E-state index contributed by atoms with van der Waals surface area (Å²) in [5.41, 5.74) is 0.867. The lowest BCUT2D eigenvalue weighted by atomic mass is 10.1. The summed E-state index contributed by atoms with van der Waals surface area (Å²) >= 11 is 11.9. The highest BCUT2D eigenvalue weighted by atomic mass is 35.5. The van der Waals surface area contributed by atoms with E-state index in [-0.39, 0.29) is 25.0 Å². The number of rotatable bonds is 8. The quantitative estimate of drug-likeness (QED) is 0.719. The van der Waals surface area contributed by atoms with E-state index in [4.69, 9.17) is 27.9 Å². The van der Waals surface area contributed by atoms with Crippen molar-refractivity contribution in [3.63, 3.8) is 0 Å². The van der Waals surface area contributed by atoms with Gasteiger partial charge >= 0.3 is 0 Å². The van der Waals surface area contributed by atoms with Crippen LogP contribution in [0.2, 0.25) is 10.0 Å². The first-order valence-electron chi connectivity index (χ1n) is 8.60. The predicted molar refractivity (Wildman–Crippen MR) is 107 cm³/mol. The number of nitrogens with zero attached hydrogens (tertiary/aromatic N) is 1. The van der Waals surface area contributed by atoms with Gasteiger partial charge in [-0.25, -0.2) is 0 Å². The summed E-state index contributed by atoms with van der Waals surface area (Å²) in [7, 11) is 0. The van der Waals surface area contributed by atoms with Crippen molar-refractivity contribution in [2.24, 2.45) is 0 Å². The average molecular weight is 409 g/mol. The van der Waals surface area contributed by atoms with Gasteiger partial charge in [0, 0.05) is 23.1 Å². The fourth-order valence-electron chi connectivity index (χ4n) is 2.48. The number of hydrogen-bond donors (Lipinski definition) is 1. The lowest BCUT2D eigenvalue weighted by molar-refractivity contribution is -0.142. The van der Waals surface area contributed by atoms with Crippen molar-refractivity contribution in [1.82, 2.24) is 10.2 Å². The number of benzene rings is 2. The van der Waals surface area contributed by atoms with Crippen LogP contribution in [0.3, 0.4) is 0 Å². The van der Waals surface area contributed by atoms with Crippen LogP contribution in [0.5, 0.6) is 5.75 Å². The number of nitrogens with one attached hydrogen (secondary N) is 1. The first-order chi connectivity index (χ1) is 12.9. The van der Waals surface area contributed by atoms with Crippen LogP contribution in [0, 0.1) is 0 Å². The third-order valence-electron chi connectivity index (χ3n) is 3.94. The Labute approximate surface area is 169 Å². The highest BCUT2D eigenvalue weighted by Crippen LogP contribution is 2.18. The molecule has 0 saturated heterocycles. The van der Waals surface area contributed by atoms with Crippen LogP contribution in [0.1, 0.15) is 19.4 Å². The number of carbonyl (C=O) groups is 2. The smallest absolute Gasteiger partial charge is 0.261 e. The Balaban J connectivity index is 2.12. The van der Waals surface area contributed by atoms with Crippen molar-refractivity contribution in [2.45, 2.75) is 26.4 Å². The lowest BCUT2D eigenvalue weighted by Crippen LogP contribution is -2.49. The Hall–Kier alpha value is -2.24. The van der Waals surface area contributed by atoms with Crippen molar-refractivity contribution in [1.29, 1.82) is 0 Å². The van der Waals surface area contributed by atoms with E-state index >= 15 is 0 Å². The summed E-state index contributed by atoms with van der Waals surface area (Å²) in [6, 6.07) is 13.3. The molecule has 0 aliphatic carbocycles. The molecule has 0 spiro atoms. The summed E-state index contributed by atoms with van der Waals surface area (Å²) in [6.45, 7) is 4.09. The largest absolute Gasteiger partial charge is 0.484 e. The van der Waals surface area contributed by atoms with Crippen molar-refractivity contribution < 1.29 is 14.3 Å². The van der Waals surface area contributed by atoms with Crippen LogP contribution in [-0.2, 0) is 16.1 Å². The predicted octanol–water partition coefficient (Wildman–Crippen LogP) is 3.93. The molecule has 0 saturated carbocycles. The monoisotopic (exact) mass is 408 g/mol. The summed E-state index contributed by atoms with van der Waals surface area (Å²) in [5.74, 6) is -0.0285. The summed E-state index contributed by atoms with van der Waals surface area (Å²) < 4.78 is 5.55. The number of halogens is 2. The first-order valence-corrected chi connectivity index (χ1v) is 9.36. The Morgan fingerprint density at radius 3 is 2.44 bits per heavy atom. The van der Waals surface area contributed by atoms with E-state index in [2.05, 4.69) is 5.32 Å². The molecule has 2 rings (SSSR count). The molecule has 0 bridgehead atoms. The van der Waals surface area contributed by atoms with E-state index in [0.717, 1.165) is 5.56 Å². The van der Waals surface area contributed by atoms with Crippen LogP contribution in [0.25, 0.3) is 0 Å². The van der Waals surface area contributed by atoms with Gasteiger partial charge in [0.2, 0.25) is 5.91 Å². The Kier molecular flexibility index (Phi) is 7.95. The molecule has 2 amide bonds. The highest BCUT2D eigenvalue weighted by Gasteiger charge is 2.26. The van der Waals surface area contributed by atoms with E-state index in [1.54, 1.807) is 43.3 Å². The van der Waals surface area contributed by atoms with E-state index in [0.29, 0.717) is 22.3 Å². The molecule has 0 aliphatic rings. The fraction of sp³-hybridized carbons (Fsp3) is 0.300. The van der Waals surface area contributed by atoms with Crippen LogP contribution < -0.4 is 10.1 Å². The van der Waals surface area contributed by atoms with Crippen LogP contribution in [0.15, 0.2) is 48.5 Å². The molecule has 1 N–H and O–H groups in total. The van der Waals surface area contributed by atoms with Crippen LogP contribution >= 0.6 is 23.2 Å². The highest BCUT2D eigenvalue weighted by molar-refractivity contribution is 6.30. The average Bonchev–Trinajstić information content (AvgIpc) is 2.65. The molecule has 0 aliphatic heterocycles. The number of ether oxygens (including phenoxy) is 1. The van der Waals surface area contributed by atoms with Gasteiger partial charge in [-0.1, -0.05) is 41.4 Å². The van der Waals surface area contributed by atoms with Crippen LogP contribution in [-0.4, -0.2) is 35.9 Å². The second-order valence-corrected chi connectivity index (χ2v) is 6.84. The van der Waals surface area contributed by atoms with Gasteiger partial charge in [-0.05, 0) is 49.7 Å². The second-order valence-electron chi connectivity index (χ2n) is 5.96. The second kappa shape index (κ2) is 10.2. The number of likely N-dealkylation sites (N-methyl/N-ethyl adjacent to an activating group) is 1. The molecule has 27 heavy (non-hydrogen) atoms. The van der Waals surface area contributed by atoms with Crippen molar-refractivity contribution in [2.75, 3.05) is 13.2 Å². The van der Waals surface area contributed by atoms with E-state index in [1.807, 2.05) is 19.1 Å². The summed E-state index contributed by atoms with van der Waals surface area (Å²) in [6.07, 6.45) is 0. The molecule has 144 valence electrons. The molecule has 0 heterocycles. The van der Waals surface area contributed by atoms with Crippen LogP contribution in [0.4, 0.5) is 0 Å². The van der Waals surface area contributed by atoms with Gasteiger partial charge in [-0.2, -0.15) is 0 Å². The Bertz CT molecular complexity index is 781. The standard InChI is InChI=1S/C20H22Cl2N2O3/c1-3-23-20(26)14(2)24(12-15-7-9-16(21)10-8-15)19(25)13-27-18-6-4-5-17(22)11-18/h4-11,14H,3,12-13H2,1-2H3,(H,23,26)/t14-/m1/s1. The lowest BCUT2D eigenvalue weighted by Gasteiger charge is -2.28. The van der Waals surface area contributed by atoms with Gasteiger partial charge in [-0.15, -0.1) is 0 Å². The van der Waals surface area contributed by atoms with Gasteiger partial charge in [0.25, 0.3) is 5.91 Å². The molecule has 2 aromatic rings. The first kappa shape index (κ1) is 21.1. The van der Waals surface area contributed by atoms with Gasteiger partial charge < -0.3 is 15.0 Å². The molecule has 0 aromatic heterocycles. The van der Waals surface area contributed by atoms with Crippen molar-refractivity contribution >= 4 is 35.0 Å². The fourth-order valence-corrected chi connectivity index (χ4v) is 2.78. The maximum absolute atomic E-state index is 12.8. The van der Waals surface area contributed by atoms with E-state index in [1.165, 1.54) is 4.90 Å². The molecule has 7 heteroatoms. The van der Waals surface area contributed by atoms with Gasteiger partial charge in [0.15, 0.2) is 6.61 Å². The van der Waals surface area contributed by atoms with Gasteiger partial charge in [0.05, 0.1) is 0 Å². The third-order valence-corrected chi connectivity index (χ3v) is 4.43. The minimum absolute atomic E-state index is 0.197. The zero-order chi connectivity index (χ0) is 19.8. The number of hydrogen-bond acceptors (Lipinski definition) is 3. The Morgan fingerprint density at radius 1 is 1.11 bits per heavy atom. The zero-order valence-corrected chi connectivity index (χ0v) is 16.8. The molecule has 0 unspecified atom stereocenters. The molecular formula is C20H22Cl2N2O3. The zero-order valence-electron chi connectivity index (χ0n) is 15.2. The molecule has 0 radical (unpaired) electrons. The molecule has 0 fully saturated rings. The minimum Gasteiger partial charge on any atom is -0.484 e. The van der Waals surface area contributed by atoms with E-state index in [9.17, 15) is 9.59 Å². The number of amides is 2. The third kappa shape index (κ3) is 6.45. The van der Waals surface area contributed by atoms with Gasteiger partial charge in [0.1, 0.15) is 11.8 Å². The molecular weight excluding hydrogens is 387 g/mol.